The summed E-state index contributed by atoms with van der Waals surface area (Å²) < 4.78 is 4.85. The summed E-state index contributed by atoms with van der Waals surface area (Å²) in [6.45, 7) is 8.52. The second-order valence-electron chi connectivity index (χ2n) is 3.45. The first-order valence-electron chi connectivity index (χ1n) is 5.45. The lowest BCUT2D eigenvalue weighted by molar-refractivity contribution is -0.899. The van der Waals surface area contributed by atoms with Crippen LogP contribution in [0.4, 0.5) is 0 Å². The van der Waals surface area contributed by atoms with Crippen LogP contribution in [0.3, 0.4) is 0 Å². The number of allylic oxidation sites excluding steroid dienone is 1. The van der Waals surface area contributed by atoms with Gasteiger partial charge in [0.2, 0.25) is 0 Å². The van der Waals surface area contributed by atoms with E-state index < -0.39 is 12.1 Å². The van der Waals surface area contributed by atoms with E-state index in [0.717, 1.165) is 13.1 Å². The van der Waals surface area contributed by atoms with Crippen LogP contribution in [0.25, 0.3) is 0 Å². The average Bonchev–Trinajstić information content (AvgIpc) is 2.23. The molecular formula is C11H22BrNO3. The van der Waals surface area contributed by atoms with Gasteiger partial charge in [0, 0.05) is 6.08 Å². The lowest BCUT2D eigenvalue weighted by Gasteiger charge is -2.18. The van der Waals surface area contributed by atoms with Crippen molar-refractivity contribution < 1.29 is 36.5 Å². The Kier molecular flexibility index (Phi) is 12.5. The van der Waals surface area contributed by atoms with Gasteiger partial charge in [-0.05, 0) is 20.8 Å². The molecule has 0 fully saturated rings. The first kappa shape index (κ1) is 18.0. The highest BCUT2D eigenvalue weighted by molar-refractivity contribution is 5.81. The van der Waals surface area contributed by atoms with Gasteiger partial charge in [-0.25, -0.2) is 4.79 Å². The largest absolute Gasteiger partial charge is 1.00 e. The van der Waals surface area contributed by atoms with E-state index in [2.05, 4.69) is 13.8 Å². The SMILES string of the molecule is CC=CC(=O)OCC(O)C[NH+](CC)CC.[Br-]. The third-order valence-corrected chi connectivity index (χ3v) is 2.25. The highest BCUT2D eigenvalue weighted by atomic mass is 79.9. The Morgan fingerprint density at radius 2 is 2.00 bits per heavy atom. The Balaban J connectivity index is 0. The van der Waals surface area contributed by atoms with Crippen LogP contribution in [0.5, 0.6) is 0 Å². The van der Waals surface area contributed by atoms with Gasteiger partial charge in [-0.15, -0.1) is 0 Å². The molecule has 0 amide bonds. The molecule has 0 bridgehead atoms. The number of rotatable bonds is 7. The minimum Gasteiger partial charge on any atom is -1.00 e. The molecule has 5 heteroatoms. The molecule has 0 aromatic heterocycles. The number of halogens is 1. The van der Waals surface area contributed by atoms with Crippen LogP contribution in [-0.2, 0) is 9.53 Å². The zero-order chi connectivity index (χ0) is 11.7. The third-order valence-electron chi connectivity index (χ3n) is 2.25. The molecule has 1 unspecified atom stereocenters. The summed E-state index contributed by atoms with van der Waals surface area (Å²) in [5.74, 6) is -0.397. The number of aliphatic hydroxyl groups is 1. The number of quaternary nitrogens is 1. The molecule has 0 spiro atoms. The average molecular weight is 296 g/mol. The summed E-state index contributed by atoms with van der Waals surface area (Å²) in [5.41, 5.74) is 0. The molecule has 0 aliphatic carbocycles. The van der Waals surface area contributed by atoms with Crippen LogP contribution in [0.15, 0.2) is 12.2 Å². The van der Waals surface area contributed by atoms with Gasteiger partial charge in [0.25, 0.3) is 0 Å². The molecule has 2 N–H and O–H groups in total. The molecule has 0 rings (SSSR count). The Labute approximate surface area is 108 Å². The number of hydrogen-bond acceptors (Lipinski definition) is 3. The van der Waals surface area contributed by atoms with Gasteiger partial charge < -0.3 is 31.7 Å². The molecule has 0 aromatic rings. The van der Waals surface area contributed by atoms with E-state index in [4.69, 9.17) is 4.74 Å². The van der Waals surface area contributed by atoms with Crippen molar-refractivity contribution in [1.82, 2.24) is 0 Å². The van der Waals surface area contributed by atoms with Gasteiger partial charge in [0.05, 0.1) is 13.1 Å². The monoisotopic (exact) mass is 295 g/mol. The number of aliphatic hydroxyl groups excluding tert-OH is 1. The van der Waals surface area contributed by atoms with Crippen molar-refractivity contribution in [1.29, 1.82) is 0 Å². The highest BCUT2D eigenvalue weighted by Gasteiger charge is 2.13. The molecule has 0 radical (unpaired) electrons. The predicted octanol–water partition coefficient (Wildman–Crippen LogP) is -3.60. The third kappa shape index (κ3) is 8.88. The van der Waals surface area contributed by atoms with Crippen LogP contribution < -0.4 is 21.9 Å². The molecular weight excluding hydrogens is 274 g/mol. The molecule has 16 heavy (non-hydrogen) atoms. The fourth-order valence-electron chi connectivity index (χ4n) is 1.29. The maximum absolute atomic E-state index is 10.9. The van der Waals surface area contributed by atoms with Gasteiger partial charge in [-0.3, -0.25) is 0 Å². The fraction of sp³-hybridized carbons (Fsp3) is 0.727. The molecule has 0 aromatic carbocycles. The summed E-state index contributed by atoms with van der Waals surface area (Å²) in [6, 6.07) is 0. The van der Waals surface area contributed by atoms with Crippen molar-refractivity contribution >= 4 is 5.97 Å². The molecule has 0 aliphatic heterocycles. The Bertz CT molecular complexity index is 205. The summed E-state index contributed by atoms with van der Waals surface area (Å²) in [6.07, 6.45) is 2.38. The number of nitrogens with one attached hydrogen (secondary N) is 1. The highest BCUT2D eigenvalue weighted by Crippen LogP contribution is 1.85. The van der Waals surface area contributed by atoms with E-state index in [1.165, 1.54) is 11.0 Å². The minimum absolute atomic E-state index is 0. The number of carbonyl (C=O) groups is 1. The number of esters is 1. The topological polar surface area (TPSA) is 51.0 Å². The summed E-state index contributed by atoms with van der Waals surface area (Å²) in [5, 5.41) is 9.58. The van der Waals surface area contributed by atoms with Crippen LogP contribution in [0.2, 0.25) is 0 Å². The van der Waals surface area contributed by atoms with Gasteiger partial charge in [-0.2, -0.15) is 0 Å². The number of likely N-dealkylation sites (N-methyl/N-ethyl adjacent to an activating group) is 1. The van der Waals surface area contributed by atoms with Crippen molar-refractivity contribution in [2.45, 2.75) is 26.9 Å². The van der Waals surface area contributed by atoms with Gasteiger partial charge >= 0.3 is 5.97 Å². The summed E-state index contributed by atoms with van der Waals surface area (Å²) >= 11 is 0. The lowest BCUT2D eigenvalue weighted by Crippen LogP contribution is -3.12. The van der Waals surface area contributed by atoms with Crippen LogP contribution in [-0.4, -0.2) is 43.4 Å². The molecule has 0 aliphatic rings. The molecule has 4 nitrogen and oxygen atoms in total. The summed E-state index contributed by atoms with van der Waals surface area (Å²) in [4.78, 5) is 12.2. The van der Waals surface area contributed by atoms with E-state index in [-0.39, 0.29) is 23.6 Å². The summed E-state index contributed by atoms with van der Waals surface area (Å²) in [7, 11) is 0. The first-order valence-corrected chi connectivity index (χ1v) is 5.45. The standard InChI is InChI=1S/C11H21NO3.BrH/c1-4-7-11(14)15-9-10(13)8-12(5-2)6-3;/h4,7,10,13H,5-6,8-9H2,1-3H3;1H. The van der Waals surface area contributed by atoms with E-state index in [0.29, 0.717) is 6.54 Å². The Morgan fingerprint density at radius 3 is 2.44 bits per heavy atom. The second-order valence-corrected chi connectivity index (χ2v) is 3.45. The second kappa shape index (κ2) is 11.1. The first-order chi connectivity index (χ1) is 7.13. The van der Waals surface area contributed by atoms with Crippen molar-refractivity contribution in [2.24, 2.45) is 0 Å². The maximum Gasteiger partial charge on any atom is 0.330 e. The van der Waals surface area contributed by atoms with Crippen molar-refractivity contribution in [3.63, 3.8) is 0 Å². The number of hydrogen-bond donors (Lipinski definition) is 2. The van der Waals surface area contributed by atoms with E-state index in [1.54, 1.807) is 13.0 Å². The number of carbonyl (C=O) groups excluding carboxylic acids is 1. The number of ether oxygens (including phenoxy) is 1. The molecule has 96 valence electrons. The van der Waals surface area contributed by atoms with E-state index in [1.807, 2.05) is 0 Å². The maximum atomic E-state index is 10.9. The smallest absolute Gasteiger partial charge is 0.330 e. The van der Waals surface area contributed by atoms with Crippen molar-refractivity contribution in [3.05, 3.63) is 12.2 Å². The van der Waals surface area contributed by atoms with Crippen molar-refractivity contribution in [3.8, 4) is 0 Å². The normalized spacial score (nSPS) is 12.6. The predicted molar refractivity (Wildman–Crippen MR) is 58.7 cm³/mol. The van der Waals surface area contributed by atoms with Crippen molar-refractivity contribution in [2.75, 3.05) is 26.2 Å². The lowest BCUT2D eigenvalue weighted by atomic mass is 10.3. The van der Waals surface area contributed by atoms with E-state index in [9.17, 15) is 9.90 Å². The molecule has 1 atom stereocenters. The molecule has 0 saturated heterocycles. The molecule has 0 saturated carbocycles. The Hall–Kier alpha value is -0.390. The van der Waals surface area contributed by atoms with Crippen LogP contribution in [0.1, 0.15) is 20.8 Å². The van der Waals surface area contributed by atoms with Crippen LogP contribution in [0, 0.1) is 0 Å². The van der Waals surface area contributed by atoms with Gasteiger partial charge in [-0.1, -0.05) is 6.08 Å². The quantitative estimate of drug-likeness (QED) is 0.377. The Morgan fingerprint density at radius 1 is 1.44 bits per heavy atom. The zero-order valence-electron chi connectivity index (χ0n) is 10.2. The van der Waals surface area contributed by atoms with Gasteiger partial charge in [0.1, 0.15) is 19.3 Å². The van der Waals surface area contributed by atoms with Crippen LogP contribution >= 0.6 is 0 Å². The van der Waals surface area contributed by atoms with E-state index >= 15 is 0 Å². The zero-order valence-corrected chi connectivity index (χ0v) is 11.8. The molecule has 0 heterocycles. The minimum atomic E-state index is -0.575. The van der Waals surface area contributed by atoms with Gasteiger partial charge in [0.15, 0.2) is 0 Å². The fourth-order valence-corrected chi connectivity index (χ4v) is 1.29.